The molecule has 0 aliphatic rings. The second-order valence-corrected chi connectivity index (χ2v) is 11.5. The molecule has 45 heavy (non-hydrogen) atoms. The number of nitrogens with zero attached hydrogens (tertiary/aromatic N) is 1. The highest BCUT2D eigenvalue weighted by atomic mass is 16.3. The molecule has 0 fully saturated rings. The van der Waals surface area contributed by atoms with Gasteiger partial charge in [-0.2, -0.15) is 4.57 Å². The average molecular weight is 581 g/mol. The fraction of sp³-hybridized carbons (Fsp3) is 0.0465. The summed E-state index contributed by atoms with van der Waals surface area (Å²) in [5.74, 6) is 0.284. The van der Waals surface area contributed by atoms with Crippen LogP contribution in [0.2, 0.25) is 0 Å². The number of aryl methyl sites for hydroxylation is 2. The number of phenols is 1. The van der Waals surface area contributed by atoms with Gasteiger partial charge in [0.25, 0.3) is 0 Å². The van der Waals surface area contributed by atoms with Crippen molar-refractivity contribution < 1.29 is 9.67 Å². The van der Waals surface area contributed by atoms with E-state index in [1.165, 1.54) is 0 Å². The van der Waals surface area contributed by atoms with Gasteiger partial charge in [-0.05, 0) is 71.5 Å². The molecular formula is C43H34NO+. The second-order valence-electron chi connectivity index (χ2n) is 11.5. The first-order chi connectivity index (χ1) is 22.1. The Labute approximate surface area is 265 Å². The SMILES string of the molecule is Cc1ccccc1-c1cc(-[n+]2c(-c3ccccc3)cc(-c3ccccc3)cc2-c2ccccc2)cc(-c2ccccc2C)c1O. The molecule has 0 spiro atoms. The lowest BCUT2D eigenvalue weighted by molar-refractivity contribution is -0.572. The van der Waals surface area contributed by atoms with Crippen molar-refractivity contribution in [2.75, 3.05) is 0 Å². The van der Waals surface area contributed by atoms with Gasteiger partial charge in [-0.3, -0.25) is 0 Å². The summed E-state index contributed by atoms with van der Waals surface area (Å²) >= 11 is 0. The van der Waals surface area contributed by atoms with E-state index in [1.807, 2.05) is 24.3 Å². The van der Waals surface area contributed by atoms with Gasteiger partial charge < -0.3 is 5.11 Å². The minimum Gasteiger partial charge on any atom is -0.507 e. The summed E-state index contributed by atoms with van der Waals surface area (Å²) in [6.07, 6.45) is 0. The van der Waals surface area contributed by atoms with E-state index >= 15 is 0 Å². The van der Waals surface area contributed by atoms with Crippen molar-refractivity contribution in [2.24, 2.45) is 0 Å². The minimum absolute atomic E-state index is 0.284. The van der Waals surface area contributed by atoms with Crippen molar-refractivity contribution in [3.05, 3.63) is 175 Å². The van der Waals surface area contributed by atoms with Crippen LogP contribution in [0.3, 0.4) is 0 Å². The zero-order valence-corrected chi connectivity index (χ0v) is 25.5. The van der Waals surface area contributed by atoms with Crippen molar-refractivity contribution in [1.82, 2.24) is 0 Å². The highest BCUT2D eigenvalue weighted by molar-refractivity contribution is 5.86. The third-order valence-corrected chi connectivity index (χ3v) is 8.54. The third kappa shape index (κ3) is 5.43. The van der Waals surface area contributed by atoms with Gasteiger partial charge >= 0.3 is 0 Å². The van der Waals surface area contributed by atoms with Gasteiger partial charge in [-0.25, -0.2) is 0 Å². The first-order valence-corrected chi connectivity index (χ1v) is 15.3. The fourth-order valence-electron chi connectivity index (χ4n) is 6.22. The number of hydrogen-bond donors (Lipinski definition) is 1. The smallest absolute Gasteiger partial charge is 0.219 e. The molecule has 0 saturated heterocycles. The lowest BCUT2D eigenvalue weighted by atomic mass is 9.91. The molecule has 1 N–H and O–H groups in total. The monoisotopic (exact) mass is 580 g/mol. The second kappa shape index (κ2) is 12.1. The fourth-order valence-corrected chi connectivity index (χ4v) is 6.22. The maximum Gasteiger partial charge on any atom is 0.219 e. The number of aromatic hydroxyl groups is 1. The molecule has 1 heterocycles. The molecule has 0 unspecified atom stereocenters. The molecule has 1 aromatic heterocycles. The van der Waals surface area contributed by atoms with Crippen molar-refractivity contribution in [3.63, 3.8) is 0 Å². The van der Waals surface area contributed by atoms with Crippen LogP contribution in [0.5, 0.6) is 5.75 Å². The van der Waals surface area contributed by atoms with Gasteiger partial charge in [0.05, 0.1) is 0 Å². The maximum atomic E-state index is 12.0. The van der Waals surface area contributed by atoms with E-state index in [0.717, 1.165) is 72.7 Å². The molecule has 0 radical (unpaired) electrons. The van der Waals surface area contributed by atoms with Crippen LogP contribution < -0.4 is 4.57 Å². The zero-order chi connectivity index (χ0) is 30.8. The van der Waals surface area contributed by atoms with Crippen LogP contribution in [0, 0.1) is 13.8 Å². The predicted molar refractivity (Wildman–Crippen MR) is 186 cm³/mol. The molecule has 0 aliphatic carbocycles. The van der Waals surface area contributed by atoms with Crippen LogP contribution in [-0.4, -0.2) is 5.11 Å². The summed E-state index contributed by atoms with van der Waals surface area (Å²) in [4.78, 5) is 0. The number of benzene rings is 6. The van der Waals surface area contributed by atoms with E-state index in [9.17, 15) is 5.11 Å². The third-order valence-electron chi connectivity index (χ3n) is 8.54. The molecule has 0 amide bonds. The normalized spacial score (nSPS) is 11.0. The quantitative estimate of drug-likeness (QED) is 0.194. The standard InChI is InChI=1S/C43H33NO/c1-30-16-12-14-24-37(30)39-28-36(29-40(43(39)45)38-25-15-13-17-31(38)2)44-41(33-20-8-4-9-21-33)26-35(32-18-6-3-7-19-32)27-42(44)34-22-10-5-11-23-34/h3-29H,1-2H3/p+1. The summed E-state index contributed by atoms with van der Waals surface area (Å²) in [7, 11) is 0. The molecule has 216 valence electrons. The molecule has 2 nitrogen and oxygen atoms in total. The Balaban J connectivity index is 1.62. The Morgan fingerprint density at radius 3 is 1.18 bits per heavy atom. The van der Waals surface area contributed by atoms with Crippen LogP contribution in [0.25, 0.3) is 61.6 Å². The van der Waals surface area contributed by atoms with E-state index in [0.29, 0.717) is 0 Å². The molecule has 0 bridgehead atoms. The van der Waals surface area contributed by atoms with Crippen molar-refractivity contribution in [2.45, 2.75) is 13.8 Å². The van der Waals surface area contributed by atoms with Crippen molar-refractivity contribution in [3.8, 4) is 67.3 Å². The Morgan fingerprint density at radius 1 is 0.378 bits per heavy atom. The lowest BCUT2D eigenvalue weighted by Gasteiger charge is -2.17. The molecule has 0 atom stereocenters. The number of phenolic OH excluding ortho intramolecular Hbond substituents is 1. The van der Waals surface area contributed by atoms with Gasteiger partial charge in [0.2, 0.25) is 17.1 Å². The minimum atomic E-state index is 0.284. The van der Waals surface area contributed by atoms with E-state index in [2.05, 4.69) is 158 Å². The highest BCUT2D eigenvalue weighted by Gasteiger charge is 2.28. The van der Waals surface area contributed by atoms with Gasteiger partial charge in [-0.1, -0.05) is 115 Å². The topological polar surface area (TPSA) is 24.1 Å². The summed E-state index contributed by atoms with van der Waals surface area (Å²) in [6, 6.07) is 57.1. The van der Waals surface area contributed by atoms with Gasteiger partial charge in [0.1, 0.15) is 5.75 Å². The number of aromatic nitrogens is 1. The largest absolute Gasteiger partial charge is 0.507 e. The summed E-state index contributed by atoms with van der Waals surface area (Å²) in [5.41, 5.74) is 13.5. The number of hydrogen-bond acceptors (Lipinski definition) is 1. The Hall–Kier alpha value is -5.73. The van der Waals surface area contributed by atoms with E-state index in [1.54, 1.807) is 0 Å². The number of rotatable bonds is 6. The van der Waals surface area contributed by atoms with Crippen LogP contribution in [-0.2, 0) is 0 Å². The Morgan fingerprint density at radius 2 is 0.756 bits per heavy atom. The van der Waals surface area contributed by atoms with E-state index in [-0.39, 0.29) is 5.75 Å². The first kappa shape index (κ1) is 28.1. The van der Waals surface area contributed by atoms with Crippen molar-refractivity contribution in [1.29, 1.82) is 0 Å². The van der Waals surface area contributed by atoms with Gasteiger partial charge in [0, 0.05) is 46.5 Å². The van der Waals surface area contributed by atoms with Crippen LogP contribution in [0.1, 0.15) is 11.1 Å². The zero-order valence-electron chi connectivity index (χ0n) is 25.5. The molecular weight excluding hydrogens is 546 g/mol. The highest BCUT2D eigenvalue weighted by Crippen LogP contribution is 2.42. The molecule has 7 rings (SSSR count). The Bertz CT molecular complexity index is 1990. The number of pyridine rings is 1. The first-order valence-electron chi connectivity index (χ1n) is 15.3. The molecule has 7 aromatic rings. The van der Waals surface area contributed by atoms with E-state index in [4.69, 9.17) is 0 Å². The molecule has 6 aromatic carbocycles. The van der Waals surface area contributed by atoms with Crippen molar-refractivity contribution >= 4 is 0 Å². The maximum absolute atomic E-state index is 12.0. The molecule has 0 saturated carbocycles. The van der Waals surface area contributed by atoms with Gasteiger partial charge in [-0.15, -0.1) is 0 Å². The molecule has 0 aliphatic heterocycles. The molecule has 2 heteroatoms. The van der Waals surface area contributed by atoms with Gasteiger partial charge in [0.15, 0.2) is 0 Å². The predicted octanol–water partition coefficient (Wildman–Crippen LogP) is 10.6. The van der Waals surface area contributed by atoms with E-state index < -0.39 is 0 Å². The van der Waals surface area contributed by atoms with Crippen LogP contribution in [0.15, 0.2) is 164 Å². The Kier molecular flexibility index (Phi) is 7.55. The average Bonchev–Trinajstić information content (AvgIpc) is 3.10. The van der Waals surface area contributed by atoms with Crippen LogP contribution in [0.4, 0.5) is 0 Å². The summed E-state index contributed by atoms with van der Waals surface area (Å²) in [5, 5.41) is 12.0. The lowest BCUT2D eigenvalue weighted by Crippen LogP contribution is -2.36. The summed E-state index contributed by atoms with van der Waals surface area (Å²) in [6.45, 7) is 4.20. The summed E-state index contributed by atoms with van der Waals surface area (Å²) < 4.78 is 2.35. The van der Waals surface area contributed by atoms with Crippen LogP contribution >= 0.6 is 0 Å².